The van der Waals surface area contributed by atoms with Crippen LogP contribution in [0, 0.1) is 5.82 Å². The van der Waals surface area contributed by atoms with Gasteiger partial charge in [-0.25, -0.2) is 4.39 Å². The number of rotatable bonds is 3. The van der Waals surface area contributed by atoms with Crippen molar-refractivity contribution in [2.75, 3.05) is 18.2 Å². The number of carbonyl (C=O) groups is 1. The van der Waals surface area contributed by atoms with E-state index in [4.69, 9.17) is 25.6 Å². The van der Waals surface area contributed by atoms with Crippen LogP contribution < -0.4 is 14.4 Å². The molecule has 0 bridgehead atoms. The molecule has 0 radical (unpaired) electrons. The molecular weight excluding hydrogens is 389 g/mol. The Labute approximate surface area is 163 Å². The Morgan fingerprint density at radius 2 is 2.00 bits per heavy atom. The van der Waals surface area contributed by atoms with Crippen molar-refractivity contribution in [3.8, 4) is 23.0 Å². The third-order valence-electron chi connectivity index (χ3n) is 4.75. The quantitative estimate of drug-likeness (QED) is 0.664. The van der Waals surface area contributed by atoms with E-state index in [2.05, 4.69) is 10.1 Å². The highest BCUT2D eigenvalue weighted by Gasteiger charge is 2.35. The highest BCUT2D eigenvalue weighted by Crippen LogP contribution is 2.37. The number of carbonyl (C=O) groups excluding carboxylic acids is 1. The van der Waals surface area contributed by atoms with Gasteiger partial charge in [-0.3, -0.25) is 4.79 Å². The van der Waals surface area contributed by atoms with Crippen LogP contribution in [0.3, 0.4) is 0 Å². The predicted molar refractivity (Wildman–Crippen MR) is 97.0 cm³/mol. The Bertz CT molecular complexity index is 1090. The summed E-state index contributed by atoms with van der Waals surface area (Å²) in [6.07, 6.45) is 0.169. The Hall–Kier alpha value is -3.13. The molecule has 142 valence electrons. The van der Waals surface area contributed by atoms with Crippen LogP contribution in [-0.2, 0) is 4.79 Å². The third-order valence-corrected chi connectivity index (χ3v) is 4.99. The van der Waals surface area contributed by atoms with Gasteiger partial charge in [-0.05, 0) is 36.4 Å². The molecule has 3 aromatic rings. The maximum absolute atomic E-state index is 14.2. The van der Waals surface area contributed by atoms with Crippen LogP contribution in [0.25, 0.3) is 11.5 Å². The first kappa shape index (κ1) is 17.0. The molecule has 7 nitrogen and oxygen atoms in total. The van der Waals surface area contributed by atoms with Gasteiger partial charge in [0.2, 0.25) is 12.7 Å². The fraction of sp³-hybridized carbons (Fsp3) is 0.211. The first-order valence-corrected chi connectivity index (χ1v) is 8.95. The molecule has 1 saturated heterocycles. The number of nitrogens with zero attached hydrogens (tertiary/aromatic N) is 3. The van der Waals surface area contributed by atoms with Gasteiger partial charge in [-0.15, -0.1) is 0 Å². The van der Waals surface area contributed by atoms with Crippen LogP contribution in [0.2, 0.25) is 5.02 Å². The van der Waals surface area contributed by atoms with Gasteiger partial charge >= 0.3 is 0 Å². The summed E-state index contributed by atoms with van der Waals surface area (Å²) in [6.45, 7) is 0.437. The van der Waals surface area contributed by atoms with E-state index in [-0.39, 0.29) is 42.3 Å². The third kappa shape index (κ3) is 2.86. The van der Waals surface area contributed by atoms with Gasteiger partial charge in [0, 0.05) is 29.5 Å². The van der Waals surface area contributed by atoms with Crippen molar-refractivity contribution in [2.24, 2.45) is 0 Å². The summed E-state index contributed by atoms with van der Waals surface area (Å²) in [5.41, 5.74) is 0.879. The molecule has 1 amide bonds. The number of hydrogen-bond donors (Lipinski definition) is 0. The number of benzene rings is 2. The monoisotopic (exact) mass is 401 g/mol. The van der Waals surface area contributed by atoms with E-state index in [1.54, 1.807) is 24.3 Å². The van der Waals surface area contributed by atoms with Crippen molar-refractivity contribution < 1.29 is 23.2 Å². The standard InChI is InChI=1S/C19H13ClFN3O4/c20-12-2-3-14(13(21)7-12)24-8-11(6-17(24)25)18-22-19(28-23-18)10-1-4-15-16(5-10)27-9-26-15/h1-5,7,11H,6,8-9H2. The molecule has 5 rings (SSSR count). The van der Waals surface area contributed by atoms with E-state index < -0.39 is 5.82 Å². The minimum absolute atomic E-state index is 0.169. The van der Waals surface area contributed by atoms with E-state index in [9.17, 15) is 9.18 Å². The van der Waals surface area contributed by atoms with Crippen LogP contribution in [0.5, 0.6) is 11.5 Å². The molecule has 1 atom stereocenters. The molecule has 0 saturated carbocycles. The number of fused-ring (bicyclic) bond motifs is 1. The van der Waals surface area contributed by atoms with Gasteiger partial charge in [-0.2, -0.15) is 4.98 Å². The molecule has 1 aromatic heterocycles. The summed E-state index contributed by atoms with van der Waals surface area (Å²) in [4.78, 5) is 18.2. The molecule has 3 heterocycles. The molecule has 0 aliphatic carbocycles. The average molecular weight is 402 g/mol. The first-order chi connectivity index (χ1) is 13.6. The number of halogens is 2. The van der Waals surface area contributed by atoms with Crippen LogP contribution in [0.15, 0.2) is 40.9 Å². The summed E-state index contributed by atoms with van der Waals surface area (Å²) in [5.74, 6) is 0.934. The largest absolute Gasteiger partial charge is 0.454 e. The number of anilines is 1. The first-order valence-electron chi connectivity index (χ1n) is 8.57. The van der Waals surface area contributed by atoms with Crippen molar-refractivity contribution in [3.63, 3.8) is 0 Å². The lowest BCUT2D eigenvalue weighted by atomic mass is 10.1. The molecule has 28 heavy (non-hydrogen) atoms. The molecule has 9 heteroatoms. The number of amides is 1. The average Bonchev–Trinajstić information content (AvgIpc) is 3.40. The SMILES string of the molecule is O=C1CC(c2noc(-c3ccc4c(c3)OCO4)n2)CN1c1ccc(Cl)cc1F. The smallest absolute Gasteiger partial charge is 0.258 e. The lowest BCUT2D eigenvalue weighted by Crippen LogP contribution is -2.25. The summed E-state index contributed by atoms with van der Waals surface area (Å²) < 4.78 is 30.2. The van der Waals surface area contributed by atoms with E-state index in [0.717, 1.165) is 0 Å². The van der Waals surface area contributed by atoms with Crippen molar-refractivity contribution >= 4 is 23.2 Å². The van der Waals surface area contributed by atoms with Crippen LogP contribution in [-0.4, -0.2) is 29.4 Å². The number of hydrogen-bond acceptors (Lipinski definition) is 6. The van der Waals surface area contributed by atoms with Crippen LogP contribution in [0.4, 0.5) is 10.1 Å². The second-order valence-corrected chi connectivity index (χ2v) is 6.96. The molecule has 2 aliphatic rings. The lowest BCUT2D eigenvalue weighted by Gasteiger charge is -2.17. The highest BCUT2D eigenvalue weighted by atomic mass is 35.5. The highest BCUT2D eigenvalue weighted by molar-refractivity contribution is 6.30. The zero-order valence-electron chi connectivity index (χ0n) is 14.4. The Morgan fingerprint density at radius 1 is 1.14 bits per heavy atom. The zero-order chi connectivity index (χ0) is 19.3. The fourth-order valence-electron chi connectivity index (χ4n) is 3.36. The van der Waals surface area contributed by atoms with Gasteiger partial charge in [0.1, 0.15) is 5.82 Å². The Morgan fingerprint density at radius 3 is 2.86 bits per heavy atom. The minimum atomic E-state index is -0.546. The molecular formula is C19H13ClFN3O4. The van der Waals surface area contributed by atoms with Gasteiger partial charge in [-0.1, -0.05) is 16.8 Å². The molecule has 1 fully saturated rings. The molecule has 1 unspecified atom stereocenters. The maximum Gasteiger partial charge on any atom is 0.258 e. The van der Waals surface area contributed by atoms with E-state index in [1.165, 1.54) is 17.0 Å². The second kappa shape index (κ2) is 6.49. The predicted octanol–water partition coefficient (Wildman–Crippen LogP) is 3.78. The number of aromatic nitrogens is 2. The number of ether oxygens (including phenoxy) is 2. The van der Waals surface area contributed by atoms with Gasteiger partial charge < -0.3 is 18.9 Å². The topological polar surface area (TPSA) is 77.7 Å². The van der Waals surface area contributed by atoms with Gasteiger partial charge in [0.25, 0.3) is 5.89 Å². The molecule has 2 aliphatic heterocycles. The van der Waals surface area contributed by atoms with Crippen molar-refractivity contribution in [1.29, 1.82) is 0 Å². The molecule has 0 N–H and O–H groups in total. The Kier molecular flexibility index (Phi) is 3.94. The zero-order valence-corrected chi connectivity index (χ0v) is 15.1. The van der Waals surface area contributed by atoms with Gasteiger partial charge in [0.15, 0.2) is 17.3 Å². The summed E-state index contributed by atoms with van der Waals surface area (Å²) in [5, 5.41) is 4.29. The minimum Gasteiger partial charge on any atom is -0.454 e. The van der Waals surface area contributed by atoms with E-state index >= 15 is 0 Å². The fourth-order valence-corrected chi connectivity index (χ4v) is 3.52. The van der Waals surface area contributed by atoms with Crippen molar-refractivity contribution in [2.45, 2.75) is 12.3 Å². The van der Waals surface area contributed by atoms with Crippen molar-refractivity contribution in [1.82, 2.24) is 10.1 Å². The van der Waals surface area contributed by atoms with Gasteiger partial charge in [0.05, 0.1) is 5.69 Å². The molecule has 0 spiro atoms. The summed E-state index contributed by atoms with van der Waals surface area (Å²) in [7, 11) is 0. The van der Waals surface area contributed by atoms with Crippen molar-refractivity contribution in [3.05, 3.63) is 53.1 Å². The summed E-state index contributed by atoms with van der Waals surface area (Å²) >= 11 is 5.79. The maximum atomic E-state index is 14.2. The second-order valence-electron chi connectivity index (χ2n) is 6.53. The van der Waals surface area contributed by atoms with Crippen LogP contribution in [0.1, 0.15) is 18.2 Å². The Balaban J connectivity index is 1.38. The molecule has 2 aromatic carbocycles. The lowest BCUT2D eigenvalue weighted by molar-refractivity contribution is -0.117. The van der Waals surface area contributed by atoms with E-state index in [1.807, 2.05) is 0 Å². The summed E-state index contributed by atoms with van der Waals surface area (Å²) in [6, 6.07) is 9.54. The van der Waals surface area contributed by atoms with Crippen LogP contribution >= 0.6 is 11.6 Å². The van der Waals surface area contributed by atoms with E-state index in [0.29, 0.717) is 28.8 Å². The normalized spacial score (nSPS) is 18.1.